The van der Waals surface area contributed by atoms with E-state index in [1.54, 1.807) is 81.4 Å². The number of ether oxygens (including phenoxy) is 4. The SMILES string of the molecule is COc1cc(C(=O)CCN2CCN(CCCOc3cccc([N+]4(C(C)C)C(=O)C(C)c5ccccc5S4(=O)=O)c3)CC2)cc(OC)c1OC. The summed E-state index contributed by atoms with van der Waals surface area (Å²) in [5, 5.41) is 0. The molecule has 12 heteroatoms. The van der Waals surface area contributed by atoms with E-state index in [2.05, 4.69) is 9.80 Å². The molecule has 1 amide bonds. The molecule has 1 fully saturated rings. The highest BCUT2D eigenvalue weighted by Gasteiger charge is 2.60. The Hall–Kier alpha value is -3.97. The predicted molar refractivity (Wildman–Crippen MR) is 188 cm³/mol. The molecule has 0 radical (unpaired) electrons. The molecule has 11 nitrogen and oxygen atoms in total. The van der Waals surface area contributed by atoms with Gasteiger partial charge in [-0.1, -0.05) is 24.3 Å². The zero-order valence-corrected chi connectivity index (χ0v) is 30.1. The number of Topliss-reactive ketones (excluding diaryl/α,β-unsaturated/α-hetero) is 1. The maximum Gasteiger partial charge on any atom is 0.341 e. The number of carbonyl (C=O) groups is 2. The van der Waals surface area contributed by atoms with Gasteiger partial charge in [-0.2, -0.15) is 8.42 Å². The van der Waals surface area contributed by atoms with Gasteiger partial charge in [0, 0.05) is 63.4 Å². The zero-order chi connectivity index (χ0) is 35.3. The number of fused-ring (bicyclic) bond motifs is 1. The molecule has 2 heterocycles. The summed E-state index contributed by atoms with van der Waals surface area (Å²) in [6.45, 7) is 10.8. The van der Waals surface area contributed by atoms with Crippen molar-refractivity contribution in [2.45, 2.75) is 50.5 Å². The van der Waals surface area contributed by atoms with Crippen LogP contribution in [0.1, 0.15) is 55.5 Å². The van der Waals surface area contributed by atoms with Gasteiger partial charge in [0.1, 0.15) is 16.7 Å². The van der Waals surface area contributed by atoms with Crippen molar-refractivity contribution in [3.63, 3.8) is 0 Å². The number of hydrogen-bond acceptors (Lipinski definition) is 10. The van der Waals surface area contributed by atoms with Gasteiger partial charge in [-0.15, -0.1) is 3.89 Å². The lowest BCUT2D eigenvalue weighted by molar-refractivity contribution is -0.128. The third-order valence-corrected chi connectivity index (χ3v) is 12.2. The molecule has 0 aromatic heterocycles. The number of hydrogen-bond donors (Lipinski definition) is 0. The van der Waals surface area contributed by atoms with Gasteiger partial charge in [-0.05, 0) is 57.0 Å². The Morgan fingerprint density at radius 2 is 1.51 bits per heavy atom. The first-order chi connectivity index (χ1) is 23.5. The lowest BCUT2D eigenvalue weighted by atomic mass is 9.98. The second-order valence-corrected chi connectivity index (χ2v) is 14.8. The van der Waals surface area contributed by atoms with Crippen LogP contribution in [0, 0.1) is 0 Å². The van der Waals surface area contributed by atoms with Gasteiger partial charge in [-0.25, -0.2) is 4.79 Å². The average Bonchev–Trinajstić information content (AvgIpc) is 3.11. The van der Waals surface area contributed by atoms with Crippen molar-refractivity contribution in [2.24, 2.45) is 0 Å². The zero-order valence-electron chi connectivity index (χ0n) is 29.3. The van der Waals surface area contributed by atoms with Crippen molar-refractivity contribution in [3.8, 4) is 23.0 Å². The van der Waals surface area contributed by atoms with Crippen LogP contribution in [0.5, 0.6) is 23.0 Å². The Morgan fingerprint density at radius 1 is 0.878 bits per heavy atom. The third kappa shape index (κ3) is 6.92. The maximum absolute atomic E-state index is 14.2. The summed E-state index contributed by atoms with van der Waals surface area (Å²) in [4.78, 5) is 31.8. The highest BCUT2D eigenvalue weighted by molar-refractivity contribution is 7.91. The second kappa shape index (κ2) is 15.3. The molecule has 2 atom stereocenters. The molecule has 0 bridgehead atoms. The molecule has 49 heavy (non-hydrogen) atoms. The number of quaternary nitrogens is 1. The first-order valence-corrected chi connectivity index (χ1v) is 18.2. The fraction of sp³-hybridized carbons (Fsp3) is 0.459. The number of amides is 1. The fourth-order valence-electron chi connectivity index (χ4n) is 7.00. The van der Waals surface area contributed by atoms with Crippen molar-refractivity contribution in [3.05, 3.63) is 71.8 Å². The molecule has 0 aliphatic carbocycles. The minimum Gasteiger partial charge on any atom is -0.493 e. The molecule has 3 aromatic rings. The second-order valence-electron chi connectivity index (χ2n) is 12.8. The van der Waals surface area contributed by atoms with E-state index in [0.29, 0.717) is 59.4 Å². The molecule has 1 saturated heterocycles. The number of rotatable bonds is 14. The summed E-state index contributed by atoms with van der Waals surface area (Å²) in [5.41, 5.74) is 1.46. The molecule has 264 valence electrons. The van der Waals surface area contributed by atoms with Crippen molar-refractivity contribution >= 4 is 27.4 Å². The Labute approximate surface area is 289 Å². The molecule has 5 rings (SSSR count). The van der Waals surface area contributed by atoms with Gasteiger partial charge in [0.2, 0.25) is 5.75 Å². The van der Waals surface area contributed by atoms with E-state index in [4.69, 9.17) is 18.9 Å². The van der Waals surface area contributed by atoms with Crippen LogP contribution in [0.25, 0.3) is 0 Å². The van der Waals surface area contributed by atoms with Crippen LogP contribution in [-0.4, -0.2) is 103 Å². The number of benzene rings is 3. The summed E-state index contributed by atoms with van der Waals surface area (Å²) in [6.07, 6.45) is 1.18. The van der Waals surface area contributed by atoms with Gasteiger partial charge < -0.3 is 28.7 Å². The topological polar surface area (TPSA) is 112 Å². The van der Waals surface area contributed by atoms with Gasteiger partial charge in [0.25, 0.3) is 0 Å². The third-order valence-electron chi connectivity index (χ3n) is 9.66. The minimum atomic E-state index is -4.08. The average molecular weight is 695 g/mol. The van der Waals surface area contributed by atoms with Crippen molar-refractivity contribution in [1.29, 1.82) is 0 Å². The maximum atomic E-state index is 14.2. The summed E-state index contributed by atoms with van der Waals surface area (Å²) < 4.78 is 49.8. The number of carbonyl (C=O) groups excluding carboxylic acids is 2. The van der Waals surface area contributed by atoms with E-state index in [1.165, 1.54) is 21.3 Å². The largest absolute Gasteiger partial charge is 0.493 e. The van der Waals surface area contributed by atoms with Crippen molar-refractivity contribution in [2.75, 3.05) is 67.2 Å². The number of piperazine rings is 1. The van der Waals surface area contributed by atoms with Crippen LogP contribution in [0.2, 0.25) is 0 Å². The molecule has 2 unspecified atom stereocenters. The number of nitrogens with zero attached hydrogens (tertiary/aromatic N) is 3. The Balaban J connectivity index is 1.13. The summed E-state index contributed by atoms with van der Waals surface area (Å²) >= 11 is 0. The summed E-state index contributed by atoms with van der Waals surface area (Å²) in [5.74, 6) is 0.995. The molecule has 3 aromatic carbocycles. The molecule has 0 N–H and O–H groups in total. The van der Waals surface area contributed by atoms with Gasteiger partial charge >= 0.3 is 15.9 Å². The van der Waals surface area contributed by atoms with Crippen LogP contribution in [0.4, 0.5) is 5.69 Å². The summed E-state index contributed by atoms with van der Waals surface area (Å²) in [6, 6.07) is 16.6. The monoisotopic (exact) mass is 694 g/mol. The smallest absolute Gasteiger partial charge is 0.341 e. The van der Waals surface area contributed by atoms with Crippen molar-refractivity contribution in [1.82, 2.24) is 13.7 Å². The van der Waals surface area contributed by atoms with Crippen LogP contribution < -0.4 is 22.8 Å². The normalized spacial score (nSPS) is 20.9. The van der Waals surface area contributed by atoms with Crippen molar-refractivity contribution < 1.29 is 37.0 Å². The molecule has 2 aliphatic heterocycles. The number of ketones is 1. The van der Waals surface area contributed by atoms with Crippen LogP contribution in [0.3, 0.4) is 0 Å². The van der Waals surface area contributed by atoms with Crippen LogP contribution in [0.15, 0.2) is 65.6 Å². The van der Waals surface area contributed by atoms with Gasteiger partial charge in [0.15, 0.2) is 23.0 Å². The fourth-order valence-corrected chi connectivity index (χ4v) is 9.45. The first-order valence-electron chi connectivity index (χ1n) is 16.8. The van der Waals surface area contributed by atoms with E-state index in [0.717, 1.165) is 39.1 Å². The molecule has 0 saturated carbocycles. The highest BCUT2D eigenvalue weighted by atomic mass is 32.2. The Bertz CT molecular complexity index is 1750. The molecular formula is C37H48N3O8S+. The van der Waals surface area contributed by atoms with Crippen LogP contribution in [-0.2, 0) is 14.8 Å². The van der Waals surface area contributed by atoms with E-state index >= 15 is 0 Å². The predicted octanol–water partition coefficient (Wildman–Crippen LogP) is 5.12. The van der Waals surface area contributed by atoms with Gasteiger partial charge in [-0.3, -0.25) is 4.79 Å². The van der Waals surface area contributed by atoms with E-state index in [9.17, 15) is 18.0 Å². The quantitative estimate of drug-likeness (QED) is 0.128. The Morgan fingerprint density at radius 3 is 2.12 bits per heavy atom. The lowest BCUT2D eigenvalue weighted by Gasteiger charge is -2.42. The number of methoxy groups -OCH3 is 3. The first kappa shape index (κ1) is 36.3. The summed E-state index contributed by atoms with van der Waals surface area (Å²) in [7, 11) is 0.516. The number of sulfonamides is 1. The molecular weight excluding hydrogens is 646 g/mol. The lowest BCUT2D eigenvalue weighted by Crippen LogP contribution is -2.65. The molecule has 0 spiro atoms. The van der Waals surface area contributed by atoms with Crippen LogP contribution >= 0.6 is 0 Å². The highest BCUT2D eigenvalue weighted by Crippen LogP contribution is 2.46. The van der Waals surface area contributed by atoms with E-state index in [1.807, 2.05) is 0 Å². The van der Waals surface area contributed by atoms with E-state index < -0.39 is 25.9 Å². The van der Waals surface area contributed by atoms with Gasteiger partial charge in [0.05, 0.1) is 33.9 Å². The minimum absolute atomic E-state index is 0.0193. The Kier molecular flexibility index (Phi) is 11.3. The van der Waals surface area contributed by atoms with E-state index in [-0.39, 0.29) is 16.6 Å². The molecule has 2 aliphatic rings. The standard InChI is InChI=1S/C37H48N3O8S/c1-26(2)40(37(42)27(3)31-13-7-8-14-35(31)49(40,43)44)29-11-9-12-30(25-29)48-22-10-16-38-18-20-39(21-19-38)17-15-32(41)28-23-33(45-4)36(47-6)34(24-28)46-5/h7-9,11-14,23-27H,10,15-22H2,1-6H3/q+1.